The van der Waals surface area contributed by atoms with Crippen LogP contribution in [0.4, 0.5) is 0 Å². The number of hydrogen-bond acceptors (Lipinski definition) is 4. The van der Waals surface area contributed by atoms with Crippen molar-refractivity contribution in [3.63, 3.8) is 0 Å². The molecule has 6 heteroatoms. The Bertz CT molecular complexity index is 1310. The summed E-state index contributed by atoms with van der Waals surface area (Å²) in [4.78, 5) is 11.5. The molecule has 2 aromatic heterocycles. The van der Waals surface area contributed by atoms with Crippen molar-refractivity contribution in [2.24, 2.45) is 0 Å². The van der Waals surface area contributed by atoms with Crippen LogP contribution in [0, 0.1) is 0 Å². The van der Waals surface area contributed by atoms with Crippen molar-refractivity contribution in [3.8, 4) is 5.75 Å². The fourth-order valence-electron chi connectivity index (χ4n) is 3.97. The molecule has 0 bridgehead atoms. The molecule has 5 aromatic rings. The quantitative estimate of drug-likeness (QED) is 0.397. The van der Waals surface area contributed by atoms with Gasteiger partial charge in [0.15, 0.2) is 0 Å². The second-order valence-electron chi connectivity index (χ2n) is 7.13. The predicted octanol–water partition coefficient (Wildman–Crippen LogP) is 4.40. The highest BCUT2D eigenvalue weighted by Crippen LogP contribution is 2.28. The lowest BCUT2D eigenvalue weighted by molar-refractivity contribution is -0.141. The number of para-hydroxylation sites is 2. The van der Waals surface area contributed by atoms with Crippen LogP contribution in [0.25, 0.3) is 32.7 Å². The fraction of sp³-hybridized carbons (Fsp3) is 0.167. The normalized spacial score (nSPS) is 11.4. The van der Waals surface area contributed by atoms with Crippen molar-refractivity contribution >= 4 is 38.7 Å². The molecule has 6 nitrogen and oxygen atoms in total. The van der Waals surface area contributed by atoms with Gasteiger partial charge in [-0.15, -0.1) is 0 Å². The van der Waals surface area contributed by atoms with E-state index in [1.165, 1.54) is 28.9 Å². The second-order valence-corrected chi connectivity index (χ2v) is 7.13. The van der Waals surface area contributed by atoms with Gasteiger partial charge in [-0.25, -0.2) is 0 Å². The highest BCUT2D eigenvalue weighted by Gasteiger charge is 2.11. The molecule has 0 radical (unpaired) electrons. The minimum Gasteiger partial charge on any atom is -0.492 e. The number of rotatable bonds is 6. The number of hydrogen-bond donors (Lipinski definition) is 0. The zero-order valence-corrected chi connectivity index (χ0v) is 16.6. The lowest BCUT2D eigenvalue weighted by atomic mass is 10.2. The molecule has 3 aromatic carbocycles. The summed E-state index contributed by atoms with van der Waals surface area (Å²) in [6.45, 7) is 1.38. The first kappa shape index (κ1) is 18.2. The molecular weight excluding hydrogens is 378 g/mol. The molecule has 0 spiro atoms. The molecular formula is C24H21N3O3. The Morgan fingerprint density at radius 2 is 1.63 bits per heavy atom. The van der Waals surface area contributed by atoms with E-state index in [-0.39, 0.29) is 12.5 Å². The molecule has 0 fully saturated rings. The molecule has 0 aliphatic heterocycles. The third-order valence-electron chi connectivity index (χ3n) is 5.38. The van der Waals surface area contributed by atoms with Gasteiger partial charge in [0.1, 0.15) is 18.9 Å². The topological polar surface area (TPSA) is 58.3 Å². The monoisotopic (exact) mass is 399 g/mol. The summed E-state index contributed by atoms with van der Waals surface area (Å²) in [5.74, 6) is 0.451. The molecule has 0 amide bonds. The van der Waals surface area contributed by atoms with Gasteiger partial charge in [0.05, 0.1) is 25.4 Å². The second kappa shape index (κ2) is 7.55. The van der Waals surface area contributed by atoms with E-state index in [0.29, 0.717) is 6.61 Å². The zero-order chi connectivity index (χ0) is 20.5. The molecule has 150 valence electrons. The summed E-state index contributed by atoms with van der Waals surface area (Å²) >= 11 is 0. The molecule has 5 rings (SSSR count). The number of ether oxygens (including phenoxy) is 2. The number of fused-ring (bicyclic) bond motifs is 4. The van der Waals surface area contributed by atoms with Gasteiger partial charge in [-0.3, -0.25) is 9.48 Å². The Morgan fingerprint density at radius 3 is 2.33 bits per heavy atom. The van der Waals surface area contributed by atoms with Crippen molar-refractivity contribution in [2.45, 2.75) is 13.1 Å². The largest absolute Gasteiger partial charge is 0.492 e. The maximum absolute atomic E-state index is 11.5. The average Bonchev–Trinajstić information content (AvgIpc) is 3.33. The van der Waals surface area contributed by atoms with Gasteiger partial charge in [0.25, 0.3) is 0 Å². The first-order valence-corrected chi connectivity index (χ1v) is 9.86. The van der Waals surface area contributed by atoms with Gasteiger partial charge in [-0.2, -0.15) is 5.10 Å². The number of esters is 1. The molecule has 0 atom stereocenters. The Balaban J connectivity index is 1.36. The van der Waals surface area contributed by atoms with Crippen molar-refractivity contribution in [2.75, 3.05) is 13.7 Å². The summed E-state index contributed by atoms with van der Waals surface area (Å²) in [6.07, 6.45) is 1.73. The third kappa shape index (κ3) is 3.16. The predicted molar refractivity (Wildman–Crippen MR) is 117 cm³/mol. The Kier molecular flexibility index (Phi) is 4.59. The van der Waals surface area contributed by atoms with E-state index in [1.807, 2.05) is 18.2 Å². The number of methoxy groups -OCH3 is 1. The van der Waals surface area contributed by atoms with Crippen molar-refractivity contribution in [3.05, 3.63) is 72.9 Å². The molecule has 30 heavy (non-hydrogen) atoms. The minimum absolute atomic E-state index is 0.0913. The highest BCUT2D eigenvalue weighted by molar-refractivity contribution is 6.07. The maximum Gasteiger partial charge on any atom is 0.327 e. The van der Waals surface area contributed by atoms with Crippen LogP contribution in [-0.4, -0.2) is 34.0 Å². The number of carbonyl (C=O) groups is 1. The van der Waals surface area contributed by atoms with E-state index in [1.54, 1.807) is 10.9 Å². The zero-order valence-electron chi connectivity index (χ0n) is 16.6. The van der Waals surface area contributed by atoms with Gasteiger partial charge in [-0.1, -0.05) is 36.4 Å². The van der Waals surface area contributed by atoms with Gasteiger partial charge in [0.2, 0.25) is 0 Å². The van der Waals surface area contributed by atoms with Crippen LogP contribution in [-0.2, 0) is 22.6 Å². The number of nitrogens with zero attached hydrogens (tertiary/aromatic N) is 3. The SMILES string of the molecule is COC(=O)Cn1ncc2cc(OCCn3c4ccccc4c4ccccc43)ccc21. The molecule has 0 N–H and O–H groups in total. The number of benzene rings is 3. The van der Waals surface area contributed by atoms with E-state index in [2.05, 4.69) is 58.2 Å². The van der Waals surface area contributed by atoms with Gasteiger partial charge in [0, 0.05) is 27.2 Å². The molecule has 0 saturated carbocycles. The number of carbonyl (C=O) groups excluding carboxylic acids is 1. The van der Waals surface area contributed by atoms with Crippen LogP contribution in [0.1, 0.15) is 0 Å². The summed E-state index contributed by atoms with van der Waals surface area (Å²) in [5, 5.41) is 7.71. The molecule has 2 heterocycles. The van der Waals surface area contributed by atoms with Crippen LogP contribution in [0.2, 0.25) is 0 Å². The van der Waals surface area contributed by atoms with E-state index in [9.17, 15) is 4.79 Å². The minimum atomic E-state index is -0.327. The first-order valence-electron chi connectivity index (χ1n) is 9.86. The first-order chi connectivity index (χ1) is 14.7. The lowest BCUT2D eigenvalue weighted by Gasteiger charge is -2.10. The van der Waals surface area contributed by atoms with Crippen molar-refractivity contribution < 1.29 is 14.3 Å². The smallest absolute Gasteiger partial charge is 0.327 e. The van der Waals surface area contributed by atoms with E-state index >= 15 is 0 Å². The summed E-state index contributed by atoms with van der Waals surface area (Å²) < 4.78 is 14.7. The van der Waals surface area contributed by atoms with Gasteiger partial charge >= 0.3 is 5.97 Å². The van der Waals surface area contributed by atoms with E-state index in [4.69, 9.17) is 9.47 Å². The molecule has 0 aliphatic rings. The fourth-order valence-corrected chi connectivity index (χ4v) is 3.97. The Morgan fingerprint density at radius 1 is 0.933 bits per heavy atom. The lowest BCUT2D eigenvalue weighted by Crippen LogP contribution is -2.12. The summed E-state index contributed by atoms with van der Waals surface area (Å²) in [6, 6.07) is 22.7. The molecule has 0 saturated heterocycles. The molecule has 0 unspecified atom stereocenters. The summed E-state index contributed by atoms with van der Waals surface area (Å²) in [7, 11) is 1.37. The Hall–Kier alpha value is -3.80. The van der Waals surface area contributed by atoms with E-state index < -0.39 is 0 Å². The summed E-state index contributed by atoms with van der Waals surface area (Å²) in [5.41, 5.74) is 3.29. The Labute approximate surface area is 173 Å². The average molecular weight is 399 g/mol. The molecule has 0 aliphatic carbocycles. The van der Waals surface area contributed by atoms with Crippen molar-refractivity contribution in [1.82, 2.24) is 14.3 Å². The third-order valence-corrected chi connectivity index (χ3v) is 5.38. The van der Waals surface area contributed by atoms with Crippen LogP contribution in [0.15, 0.2) is 72.9 Å². The van der Waals surface area contributed by atoms with Crippen LogP contribution in [0.3, 0.4) is 0 Å². The van der Waals surface area contributed by atoms with Crippen molar-refractivity contribution in [1.29, 1.82) is 0 Å². The standard InChI is InChI=1S/C24H21N3O3/c1-29-24(28)16-27-21-11-10-18(14-17(21)15-25-27)30-13-12-26-22-8-4-2-6-19(22)20-7-3-5-9-23(20)26/h2-11,14-15H,12-13,16H2,1H3. The van der Waals surface area contributed by atoms with Gasteiger partial charge in [-0.05, 0) is 30.3 Å². The highest BCUT2D eigenvalue weighted by atomic mass is 16.5. The van der Waals surface area contributed by atoms with Crippen LogP contribution >= 0.6 is 0 Å². The van der Waals surface area contributed by atoms with E-state index in [0.717, 1.165) is 23.2 Å². The van der Waals surface area contributed by atoms with Gasteiger partial charge < -0.3 is 14.0 Å². The number of aromatic nitrogens is 3. The maximum atomic E-state index is 11.5. The van der Waals surface area contributed by atoms with Crippen LogP contribution < -0.4 is 4.74 Å². The van der Waals surface area contributed by atoms with Crippen LogP contribution in [0.5, 0.6) is 5.75 Å².